The molecule has 1 heterocycles. The van der Waals surface area contributed by atoms with Crippen LogP contribution in [0.15, 0.2) is 54.6 Å². The van der Waals surface area contributed by atoms with Crippen LogP contribution in [-0.4, -0.2) is 47.9 Å². The Bertz CT molecular complexity index is 1060. The summed E-state index contributed by atoms with van der Waals surface area (Å²) in [4.78, 5) is 14.9. The van der Waals surface area contributed by atoms with E-state index in [9.17, 15) is 14.3 Å². The van der Waals surface area contributed by atoms with Crippen LogP contribution in [-0.2, 0) is 14.9 Å². The number of hydrogen-bond acceptors (Lipinski definition) is 4. The molecule has 3 aliphatic rings. The number of aliphatic hydroxyl groups is 1. The maximum atomic E-state index is 13.4. The minimum absolute atomic E-state index is 0.0787. The third kappa shape index (κ3) is 6.13. The average molecular weight is 523 g/mol. The number of nitrogens with zero attached hydrogens (tertiary/aromatic N) is 1. The van der Waals surface area contributed by atoms with Crippen LogP contribution in [0.3, 0.4) is 0 Å². The van der Waals surface area contributed by atoms with Gasteiger partial charge in [0.15, 0.2) is 6.29 Å². The fourth-order valence-corrected chi connectivity index (χ4v) is 7.27. The molecular weight excluding hydrogens is 479 g/mol. The average Bonchev–Trinajstić information content (AvgIpc) is 3.16. The number of nitrogens with one attached hydrogen (secondary N) is 1. The second kappa shape index (κ2) is 12.3. The summed E-state index contributed by atoms with van der Waals surface area (Å²) in [6, 6.07) is 16.7. The molecule has 5 rings (SSSR count). The number of halogens is 1. The molecule has 2 aliphatic carbocycles. The number of aliphatic hydroxyl groups excluding tert-OH is 1. The maximum absolute atomic E-state index is 13.4. The highest BCUT2D eigenvalue weighted by Crippen LogP contribution is 2.47. The zero-order chi connectivity index (χ0) is 26.5. The fraction of sp³-hybridized carbons (Fsp3) is 0.594. The van der Waals surface area contributed by atoms with Crippen LogP contribution in [0.1, 0.15) is 70.3 Å². The number of amides is 1. The monoisotopic (exact) mass is 522 g/mol. The summed E-state index contributed by atoms with van der Waals surface area (Å²) in [6.07, 6.45) is 8.55. The minimum atomic E-state index is -0.765. The standard InChI is InChI=1S/C32H43FN2O3/c1-23(18-30(36)34-28-13-9-12-27(33)20-28)35-17-14-29-24(21-35)19-25(29)22-38-31(37)32(15-7-2-3-8-16-32)26-10-5-4-6-11-26/h4-6,9-13,20,23-25,29,31,37H,2-3,7-8,14-19,21-22H2,1H3,(H,34,36)/t23?,24?,25-,29?,31?/m1/s1. The Labute approximate surface area is 226 Å². The predicted octanol–water partition coefficient (Wildman–Crippen LogP) is 6.13. The molecule has 2 aromatic rings. The van der Waals surface area contributed by atoms with E-state index in [1.807, 2.05) is 6.07 Å². The van der Waals surface area contributed by atoms with E-state index in [2.05, 4.69) is 41.4 Å². The molecule has 0 radical (unpaired) electrons. The third-order valence-electron chi connectivity index (χ3n) is 9.53. The number of carbonyl (C=O) groups is 1. The first-order valence-corrected chi connectivity index (χ1v) is 14.6. The van der Waals surface area contributed by atoms with Crippen LogP contribution in [0.25, 0.3) is 0 Å². The van der Waals surface area contributed by atoms with Crippen molar-refractivity contribution in [2.24, 2.45) is 17.8 Å². The van der Waals surface area contributed by atoms with Crippen molar-refractivity contribution in [3.63, 3.8) is 0 Å². The van der Waals surface area contributed by atoms with Gasteiger partial charge in [0, 0.05) is 30.1 Å². The molecule has 38 heavy (non-hydrogen) atoms. The van der Waals surface area contributed by atoms with Gasteiger partial charge in [0.1, 0.15) is 5.82 Å². The quantitative estimate of drug-likeness (QED) is 0.307. The van der Waals surface area contributed by atoms with E-state index in [1.165, 1.54) is 30.5 Å². The van der Waals surface area contributed by atoms with Gasteiger partial charge >= 0.3 is 0 Å². The van der Waals surface area contributed by atoms with E-state index in [4.69, 9.17) is 4.74 Å². The number of fused-ring (bicyclic) bond motifs is 1. The summed E-state index contributed by atoms with van der Waals surface area (Å²) >= 11 is 0. The van der Waals surface area contributed by atoms with Gasteiger partial charge in [-0.15, -0.1) is 0 Å². The van der Waals surface area contributed by atoms with Crippen molar-refractivity contribution in [2.45, 2.75) is 82.5 Å². The molecule has 5 nitrogen and oxygen atoms in total. The number of likely N-dealkylation sites (tertiary alicyclic amines) is 1. The smallest absolute Gasteiger partial charge is 0.225 e. The SMILES string of the molecule is CC(CC(=O)Nc1cccc(F)c1)N1CCC2C(C[C@@H]2COC(O)C2(c3ccccc3)CCCCCC2)C1. The van der Waals surface area contributed by atoms with Gasteiger partial charge in [0.25, 0.3) is 0 Å². The lowest BCUT2D eigenvalue weighted by atomic mass is 9.61. The number of carbonyl (C=O) groups excluding carboxylic acids is 1. The van der Waals surface area contributed by atoms with Crippen LogP contribution in [0.4, 0.5) is 10.1 Å². The number of benzene rings is 2. The highest BCUT2D eigenvalue weighted by molar-refractivity contribution is 5.91. The first-order chi connectivity index (χ1) is 18.4. The maximum Gasteiger partial charge on any atom is 0.225 e. The molecule has 2 N–H and O–H groups in total. The van der Waals surface area contributed by atoms with Crippen LogP contribution in [0.5, 0.6) is 0 Å². The van der Waals surface area contributed by atoms with Gasteiger partial charge in [0.2, 0.25) is 5.91 Å². The zero-order valence-corrected chi connectivity index (χ0v) is 22.7. The summed E-state index contributed by atoms with van der Waals surface area (Å²) in [5, 5.41) is 14.2. The van der Waals surface area contributed by atoms with Gasteiger partial charge < -0.3 is 15.2 Å². The molecule has 0 spiro atoms. The van der Waals surface area contributed by atoms with E-state index < -0.39 is 6.29 Å². The van der Waals surface area contributed by atoms with E-state index in [0.29, 0.717) is 36.5 Å². The lowest BCUT2D eigenvalue weighted by molar-refractivity contribution is -0.178. The lowest BCUT2D eigenvalue weighted by Crippen LogP contribution is -2.54. The molecule has 1 aliphatic heterocycles. The molecule has 5 atom stereocenters. The molecule has 1 amide bonds. The van der Waals surface area contributed by atoms with Gasteiger partial charge in [-0.2, -0.15) is 0 Å². The van der Waals surface area contributed by atoms with Gasteiger partial charge in [-0.1, -0.05) is 62.1 Å². The number of hydrogen-bond donors (Lipinski definition) is 2. The van der Waals surface area contributed by atoms with Crippen LogP contribution in [0, 0.1) is 23.6 Å². The molecule has 0 aromatic heterocycles. The zero-order valence-electron chi connectivity index (χ0n) is 22.7. The van der Waals surface area contributed by atoms with Crippen molar-refractivity contribution in [3.8, 4) is 0 Å². The number of piperidine rings is 1. The van der Waals surface area contributed by atoms with Gasteiger partial charge in [0.05, 0.1) is 6.61 Å². The molecule has 1 saturated heterocycles. The molecular formula is C32H43FN2O3. The Morgan fingerprint density at radius 2 is 1.89 bits per heavy atom. The summed E-state index contributed by atoms with van der Waals surface area (Å²) in [5.74, 6) is 1.34. The number of rotatable bonds is 9. The van der Waals surface area contributed by atoms with Crippen molar-refractivity contribution in [1.29, 1.82) is 0 Å². The van der Waals surface area contributed by atoms with Gasteiger partial charge in [-0.25, -0.2) is 4.39 Å². The minimum Gasteiger partial charge on any atom is -0.367 e. The third-order valence-corrected chi connectivity index (χ3v) is 9.53. The van der Waals surface area contributed by atoms with Crippen molar-refractivity contribution < 1.29 is 19.0 Å². The highest BCUT2D eigenvalue weighted by atomic mass is 19.1. The van der Waals surface area contributed by atoms with Gasteiger partial charge in [-0.05, 0) is 80.7 Å². The number of anilines is 1. The number of ether oxygens (including phenoxy) is 1. The Balaban J connectivity index is 1.10. The largest absolute Gasteiger partial charge is 0.367 e. The molecule has 2 aromatic carbocycles. The fourth-order valence-electron chi connectivity index (χ4n) is 7.27. The van der Waals surface area contributed by atoms with Crippen LogP contribution in [0.2, 0.25) is 0 Å². The Kier molecular flexibility index (Phi) is 8.81. The van der Waals surface area contributed by atoms with Crippen LogP contribution >= 0.6 is 0 Å². The summed E-state index contributed by atoms with van der Waals surface area (Å²) < 4.78 is 19.7. The predicted molar refractivity (Wildman–Crippen MR) is 148 cm³/mol. The van der Waals surface area contributed by atoms with E-state index in [0.717, 1.165) is 51.6 Å². The van der Waals surface area contributed by atoms with Crippen molar-refractivity contribution in [1.82, 2.24) is 4.90 Å². The second-order valence-corrected chi connectivity index (χ2v) is 11.9. The molecule has 6 heteroatoms. The molecule has 4 unspecified atom stereocenters. The first-order valence-electron chi connectivity index (χ1n) is 14.6. The topological polar surface area (TPSA) is 61.8 Å². The summed E-state index contributed by atoms with van der Waals surface area (Å²) in [5.41, 5.74) is 1.42. The molecule has 3 fully saturated rings. The Morgan fingerprint density at radius 1 is 1.13 bits per heavy atom. The van der Waals surface area contributed by atoms with Crippen molar-refractivity contribution in [3.05, 3.63) is 66.0 Å². The molecule has 2 saturated carbocycles. The lowest BCUT2D eigenvalue weighted by Gasteiger charge is -2.52. The van der Waals surface area contributed by atoms with E-state index in [-0.39, 0.29) is 23.2 Å². The van der Waals surface area contributed by atoms with E-state index in [1.54, 1.807) is 12.1 Å². The Hall–Kier alpha value is -2.28. The Morgan fingerprint density at radius 3 is 2.61 bits per heavy atom. The molecule has 0 bridgehead atoms. The highest BCUT2D eigenvalue weighted by Gasteiger charge is 2.46. The van der Waals surface area contributed by atoms with Crippen molar-refractivity contribution in [2.75, 3.05) is 25.0 Å². The van der Waals surface area contributed by atoms with E-state index >= 15 is 0 Å². The first kappa shape index (κ1) is 27.3. The van der Waals surface area contributed by atoms with Crippen LogP contribution < -0.4 is 5.32 Å². The molecule has 206 valence electrons. The van der Waals surface area contributed by atoms with Crippen molar-refractivity contribution >= 4 is 11.6 Å². The summed E-state index contributed by atoms with van der Waals surface area (Å²) in [6.45, 7) is 4.72. The second-order valence-electron chi connectivity index (χ2n) is 11.9. The summed E-state index contributed by atoms with van der Waals surface area (Å²) in [7, 11) is 0. The van der Waals surface area contributed by atoms with Gasteiger partial charge in [-0.3, -0.25) is 9.69 Å². The normalized spacial score (nSPS) is 26.9.